The minimum absolute atomic E-state index is 0.0524. The van der Waals surface area contributed by atoms with Gasteiger partial charge in [0.2, 0.25) is 5.91 Å². The molecule has 1 fully saturated rings. The summed E-state index contributed by atoms with van der Waals surface area (Å²) in [6.07, 6.45) is 3.07. The van der Waals surface area contributed by atoms with Crippen molar-refractivity contribution in [2.75, 3.05) is 7.11 Å². The molecule has 0 unspecified atom stereocenters. The summed E-state index contributed by atoms with van der Waals surface area (Å²) in [5, 5.41) is 17.6. The zero-order valence-electron chi connectivity index (χ0n) is 13.9. The van der Waals surface area contributed by atoms with E-state index in [0.29, 0.717) is 23.2 Å². The lowest BCUT2D eigenvalue weighted by Gasteiger charge is -2.27. The lowest BCUT2D eigenvalue weighted by atomic mass is 9.87. The van der Waals surface area contributed by atoms with E-state index in [1.165, 1.54) is 12.8 Å². The number of carboxylic acid groups (broad SMARTS) is 2. The quantitative estimate of drug-likeness (QED) is 0.761. The Labute approximate surface area is 146 Å². The second-order valence-corrected chi connectivity index (χ2v) is 6.35. The first kappa shape index (κ1) is 20.1. The Bertz CT molecular complexity index is 552. The molecule has 134 valence electrons. The van der Waals surface area contributed by atoms with Gasteiger partial charge in [0.1, 0.15) is 5.75 Å². The van der Waals surface area contributed by atoms with Crippen LogP contribution in [-0.4, -0.2) is 35.4 Å². The molecule has 1 aromatic rings. The van der Waals surface area contributed by atoms with Crippen LogP contribution in [0, 0.1) is 5.92 Å². The van der Waals surface area contributed by atoms with Crippen molar-refractivity contribution < 1.29 is 24.5 Å². The molecule has 0 aromatic heterocycles. The van der Waals surface area contributed by atoms with Gasteiger partial charge in [0.15, 0.2) is 0 Å². The van der Waals surface area contributed by atoms with Crippen LogP contribution < -0.4 is 10.1 Å². The second kappa shape index (κ2) is 10.0. The van der Waals surface area contributed by atoms with Crippen LogP contribution >= 0.6 is 11.6 Å². The lowest BCUT2D eigenvalue weighted by Crippen LogP contribution is -2.38. The Hall–Kier alpha value is -1.95. The van der Waals surface area contributed by atoms with Gasteiger partial charge in [0.25, 0.3) is 0 Å². The summed E-state index contributed by atoms with van der Waals surface area (Å²) in [7, 11) is 1.60. The number of benzene rings is 1. The van der Waals surface area contributed by atoms with Crippen molar-refractivity contribution >= 4 is 23.7 Å². The minimum Gasteiger partial charge on any atom is -0.497 e. The van der Waals surface area contributed by atoms with Crippen LogP contribution in [0.5, 0.6) is 5.75 Å². The number of carbonyl (C=O) groups is 2. The van der Waals surface area contributed by atoms with E-state index in [9.17, 15) is 4.79 Å². The van der Waals surface area contributed by atoms with Gasteiger partial charge < -0.3 is 20.3 Å². The van der Waals surface area contributed by atoms with Crippen LogP contribution in [0.3, 0.4) is 0 Å². The summed E-state index contributed by atoms with van der Waals surface area (Å²) in [5.74, 6) is 1.55. The summed E-state index contributed by atoms with van der Waals surface area (Å²) in [4.78, 5) is 20.6. The van der Waals surface area contributed by atoms with Crippen molar-refractivity contribution in [1.82, 2.24) is 5.32 Å². The number of nitrogens with one attached hydrogen (secondary N) is 1. The maximum Gasteiger partial charge on any atom is 0.503 e. The van der Waals surface area contributed by atoms with E-state index >= 15 is 0 Å². The van der Waals surface area contributed by atoms with E-state index in [0.717, 1.165) is 24.3 Å². The van der Waals surface area contributed by atoms with Crippen LogP contribution in [0.15, 0.2) is 18.2 Å². The zero-order valence-corrected chi connectivity index (χ0v) is 14.7. The number of hydrogen-bond acceptors (Lipinski definition) is 3. The van der Waals surface area contributed by atoms with Crippen molar-refractivity contribution in [2.45, 2.75) is 45.1 Å². The summed E-state index contributed by atoms with van der Waals surface area (Å²) in [6.45, 7) is 2.27. The molecule has 1 amide bonds. The van der Waals surface area contributed by atoms with Gasteiger partial charge in [-0.25, -0.2) is 4.79 Å². The molecule has 0 spiro atoms. The monoisotopic (exact) mass is 357 g/mol. The van der Waals surface area contributed by atoms with Gasteiger partial charge in [-0.3, -0.25) is 4.79 Å². The lowest BCUT2D eigenvalue weighted by molar-refractivity contribution is -0.121. The zero-order chi connectivity index (χ0) is 18.1. The number of hydrogen-bond donors (Lipinski definition) is 3. The largest absolute Gasteiger partial charge is 0.503 e. The summed E-state index contributed by atoms with van der Waals surface area (Å²) in [6, 6.07) is 5.75. The van der Waals surface area contributed by atoms with Gasteiger partial charge in [-0.2, -0.15) is 0 Å². The number of carbonyl (C=O) groups excluding carboxylic acids is 1. The Morgan fingerprint density at radius 1 is 1.25 bits per heavy atom. The van der Waals surface area contributed by atoms with Gasteiger partial charge in [-0.1, -0.05) is 24.6 Å². The second-order valence-electron chi connectivity index (χ2n) is 5.94. The summed E-state index contributed by atoms with van der Waals surface area (Å²) >= 11 is 6.15. The van der Waals surface area contributed by atoms with E-state index < -0.39 is 6.16 Å². The molecule has 0 atom stereocenters. The summed E-state index contributed by atoms with van der Waals surface area (Å²) in [5.41, 5.74) is 0.842. The van der Waals surface area contributed by atoms with Crippen molar-refractivity contribution in [1.29, 1.82) is 0 Å². The topological polar surface area (TPSA) is 95.9 Å². The molecule has 7 heteroatoms. The molecule has 0 aliphatic heterocycles. The van der Waals surface area contributed by atoms with E-state index in [-0.39, 0.29) is 5.91 Å². The number of ether oxygens (including phenoxy) is 1. The van der Waals surface area contributed by atoms with Crippen LogP contribution in [-0.2, 0) is 11.2 Å². The highest BCUT2D eigenvalue weighted by Gasteiger charge is 2.20. The molecule has 3 N–H and O–H groups in total. The average Bonchev–Trinajstić information content (AvgIpc) is 2.51. The number of methoxy groups -OCH3 is 1. The maximum absolute atomic E-state index is 12.1. The predicted molar refractivity (Wildman–Crippen MR) is 91.9 cm³/mol. The molecular formula is C17H24ClNO5. The first-order valence-corrected chi connectivity index (χ1v) is 8.23. The molecule has 1 aromatic carbocycles. The van der Waals surface area contributed by atoms with Gasteiger partial charge in [0, 0.05) is 11.1 Å². The van der Waals surface area contributed by atoms with E-state index in [2.05, 4.69) is 12.2 Å². The molecule has 2 rings (SSSR count). The van der Waals surface area contributed by atoms with E-state index in [1.807, 2.05) is 12.1 Å². The van der Waals surface area contributed by atoms with Gasteiger partial charge in [-0.05, 0) is 49.3 Å². The Balaban J connectivity index is 0.000000648. The molecule has 0 bridgehead atoms. The normalized spacial score (nSPS) is 19.6. The molecular weight excluding hydrogens is 334 g/mol. The first-order chi connectivity index (χ1) is 11.3. The highest BCUT2D eigenvalue weighted by atomic mass is 35.5. The SMILES string of the molecule is COc1ccc(CC(=O)NC2CCC(C)CC2)c(Cl)c1.O=C(O)O. The van der Waals surface area contributed by atoms with Crippen molar-refractivity contribution in [2.24, 2.45) is 5.92 Å². The third-order valence-corrected chi connectivity index (χ3v) is 4.34. The molecule has 1 aliphatic carbocycles. The molecule has 1 aliphatic rings. The Morgan fingerprint density at radius 3 is 2.33 bits per heavy atom. The van der Waals surface area contributed by atoms with Crippen LogP contribution in [0.2, 0.25) is 5.02 Å². The number of amides is 1. The van der Waals surface area contributed by atoms with Crippen LogP contribution in [0.25, 0.3) is 0 Å². The highest BCUT2D eigenvalue weighted by Crippen LogP contribution is 2.25. The third kappa shape index (κ3) is 7.55. The average molecular weight is 358 g/mol. The Morgan fingerprint density at radius 2 is 1.83 bits per heavy atom. The van der Waals surface area contributed by atoms with Crippen LogP contribution in [0.1, 0.15) is 38.2 Å². The number of halogens is 1. The predicted octanol–water partition coefficient (Wildman–Crippen LogP) is 3.81. The molecule has 0 saturated heterocycles. The van der Waals surface area contributed by atoms with Gasteiger partial charge >= 0.3 is 6.16 Å². The van der Waals surface area contributed by atoms with E-state index in [4.69, 9.17) is 31.3 Å². The van der Waals surface area contributed by atoms with E-state index in [1.54, 1.807) is 13.2 Å². The summed E-state index contributed by atoms with van der Waals surface area (Å²) < 4.78 is 5.10. The highest BCUT2D eigenvalue weighted by molar-refractivity contribution is 6.31. The Kier molecular flexibility index (Phi) is 8.40. The van der Waals surface area contributed by atoms with Crippen molar-refractivity contribution in [3.05, 3.63) is 28.8 Å². The van der Waals surface area contributed by atoms with Crippen molar-refractivity contribution in [3.63, 3.8) is 0 Å². The van der Waals surface area contributed by atoms with Crippen molar-refractivity contribution in [3.8, 4) is 5.75 Å². The van der Waals surface area contributed by atoms with Gasteiger partial charge in [-0.15, -0.1) is 0 Å². The maximum atomic E-state index is 12.1. The first-order valence-electron chi connectivity index (χ1n) is 7.85. The standard InChI is InChI=1S/C16H22ClNO2.CH2O3/c1-11-3-6-13(7-4-11)18-16(19)9-12-5-8-14(20-2)10-15(12)17;2-1(3)4/h5,8,10-11,13H,3-4,6-7,9H2,1-2H3,(H,18,19);(H2,2,3,4). The smallest absolute Gasteiger partial charge is 0.497 e. The fourth-order valence-electron chi connectivity index (χ4n) is 2.65. The minimum atomic E-state index is -1.83. The fraction of sp³-hybridized carbons (Fsp3) is 0.529. The molecule has 24 heavy (non-hydrogen) atoms. The van der Waals surface area contributed by atoms with Crippen LogP contribution in [0.4, 0.5) is 4.79 Å². The fourth-order valence-corrected chi connectivity index (χ4v) is 2.89. The molecule has 0 heterocycles. The van der Waals surface area contributed by atoms with Gasteiger partial charge in [0.05, 0.1) is 13.5 Å². The molecule has 6 nitrogen and oxygen atoms in total. The molecule has 0 radical (unpaired) electrons. The molecule has 1 saturated carbocycles. The number of rotatable bonds is 4. The third-order valence-electron chi connectivity index (χ3n) is 3.99.